The van der Waals surface area contributed by atoms with E-state index in [2.05, 4.69) is 10.6 Å². The summed E-state index contributed by atoms with van der Waals surface area (Å²) in [5.74, 6) is -0.685. The molecule has 0 heterocycles. The number of carbonyl (C=O) groups excluding carboxylic acids is 2. The Morgan fingerprint density at radius 2 is 1.78 bits per heavy atom. The molecule has 2 rings (SSSR count). The Balaban J connectivity index is 1.73. The smallest absolute Gasteiger partial charge is 0.226 e. The molecule has 0 aliphatic rings. The van der Waals surface area contributed by atoms with E-state index in [1.165, 1.54) is 18.2 Å². The second-order valence-corrected chi connectivity index (χ2v) is 5.27. The van der Waals surface area contributed by atoms with Gasteiger partial charge in [-0.2, -0.15) is 0 Å². The minimum absolute atomic E-state index is 0.123. The van der Waals surface area contributed by atoms with Crippen molar-refractivity contribution in [2.75, 3.05) is 11.9 Å². The van der Waals surface area contributed by atoms with Gasteiger partial charge in [-0.15, -0.1) is 0 Å². The first-order chi connectivity index (χ1) is 11.0. The number of hydrogen-bond donors (Lipinski definition) is 2. The zero-order valence-corrected chi connectivity index (χ0v) is 12.9. The number of rotatable bonds is 6. The quantitative estimate of drug-likeness (QED) is 0.861. The summed E-state index contributed by atoms with van der Waals surface area (Å²) < 4.78 is 13.0. The molecule has 0 saturated heterocycles. The van der Waals surface area contributed by atoms with Crippen LogP contribution < -0.4 is 10.6 Å². The fourth-order valence-electron chi connectivity index (χ4n) is 2.14. The number of halogens is 1. The van der Waals surface area contributed by atoms with Gasteiger partial charge in [-0.05, 0) is 36.2 Å². The van der Waals surface area contributed by atoms with Crippen LogP contribution in [0.3, 0.4) is 0 Å². The van der Waals surface area contributed by atoms with Crippen LogP contribution in [0.2, 0.25) is 0 Å². The highest BCUT2D eigenvalue weighted by atomic mass is 19.1. The third kappa shape index (κ3) is 5.54. The van der Waals surface area contributed by atoms with Crippen molar-refractivity contribution in [1.29, 1.82) is 0 Å². The highest BCUT2D eigenvalue weighted by molar-refractivity contribution is 5.91. The highest BCUT2D eigenvalue weighted by Crippen LogP contribution is 2.15. The Kier molecular flexibility index (Phi) is 5.86. The molecule has 2 N–H and O–H groups in total. The number of hydrogen-bond acceptors (Lipinski definition) is 2. The first-order valence-electron chi connectivity index (χ1n) is 7.41. The Bertz CT molecular complexity index is 687. The largest absolute Gasteiger partial charge is 0.355 e. The zero-order chi connectivity index (χ0) is 16.7. The summed E-state index contributed by atoms with van der Waals surface area (Å²) in [5.41, 5.74) is 2.16. The number of aryl methyl sites for hydroxylation is 1. The first kappa shape index (κ1) is 16.7. The van der Waals surface area contributed by atoms with E-state index in [4.69, 9.17) is 0 Å². The molecule has 4 nitrogen and oxygen atoms in total. The van der Waals surface area contributed by atoms with Gasteiger partial charge < -0.3 is 10.6 Å². The monoisotopic (exact) mass is 314 g/mol. The van der Waals surface area contributed by atoms with E-state index in [-0.39, 0.29) is 30.6 Å². The van der Waals surface area contributed by atoms with E-state index in [0.717, 1.165) is 5.56 Å². The molecule has 0 atom stereocenters. The first-order valence-corrected chi connectivity index (χ1v) is 7.41. The number of benzene rings is 2. The van der Waals surface area contributed by atoms with Crippen molar-refractivity contribution >= 4 is 17.5 Å². The van der Waals surface area contributed by atoms with Crippen molar-refractivity contribution < 1.29 is 14.0 Å². The summed E-state index contributed by atoms with van der Waals surface area (Å²) in [6.45, 7) is 1.98. The molecule has 2 aromatic rings. The standard InChI is InChI=1S/C18H19FN2O2/c1-13-11-15(19)7-8-16(13)21-17(22)9-10-20-18(23)12-14-5-3-2-4-6-14/h2-8,11H,9-10,12H2,1H3,(H,20,23)(H,21,22). The average Bonchev–Trinajstić information content (AvgIpc) is 2.51. The second kappa shape index (κ2) is 8.08. The van der Waals surface area contributed by atoms with Crippen molar-refractivity contribution in [1.82, 2.24) is 5.32 Å². The zero-order valence-electron chi connectivity index (χ0n) is 12.9. The van der Waals surface area contributed by atoms with Crippen LogP contribution in [0.5, 0.6) is 0 Å². The van der Waals surface area contributed by atoms with Crippen LogP contribution in [0, 0.1) is 12.7 Å². The third-order valence-electron chi connectivity index (χ3n) is 3.34. The molecule has 23 heavy (non-hydrogen) atoms. The average molecular weight is 314 g/mol. The minimum atomic E-state index is -0.339. The number of amides is 2. The molecule has 0 aliphatic carbocycles. The summed E-state index contributed by atoms with van der Waals surface area (Å²) in [5, 5.41) is 5.42. The number of nitrogens with one attached hydrogen (secondary N) is 2. The Hall–Kier alpha value is -2.69. The maximum Gasteiger partial charge on any atom is 0.226 e. The molecule has 0 saturated carbocycles. The lowest BCUT2D eigenvalue weighted by atomic mass is 10.1. The molecule has 0 bridgehead atoms. The van der Waals surface area contributed by atoms with Gasteiger partial charge in [0.1, 0.15) is 5.82 Å². The Labute approximate surface area is 134 Å². The molecule has 0 aliphatic heterocycles. The van der Waals surface area contributed by atoms with Crippen LogP contribution >= 0.6 is 0 Å². The van der Waals surface area contributed by atoms with Gasteiger partial charge in [0.2, 0.25) is 11.8 Å². The van der Waals surface area contributed by atoms with Crippen LogP contribution in [0.15, 0.2) is 48.5 Å². The number of carbonyl (C=O) groups is 2. The van der Waals surface area contributed by atoms with E-state index in [9.17, 15) is 14.0 Å². The SMILES string of the molecule is Cc1cc(F)ccc1NC(=O)CCNC(=O)Cc1ccccc1. The summed E-state index contributed by atoms with van der Waals surface area (Å²) in [7, 11) is 0. The molecule has 0 spiro atoms. The van der Waals surface area contributed by atoms with Crippen molar-refractivity contribution in [2.24, 2.45) is 0 Å². The van der Waals surface area contributed by atoms with Crippen LogP contribution in [0.1, 0.15) is 17.5 Å². The lowest BCUT2D eigenvalue weighted by Gasteiger charge is -2.09. The normalized spacial score (nSPS) is 10.2. The molecule has 120 valence electrons. The predicted octanol–water partition coefficient (Wildman–Crippen LogP) is 2.82. The maximum absolute atomic E-state index is 13.0. The summed E-state index contributed by atoms with van der Waals surface area (Å²) in [6, 6.07) is 13.6. The predicted molar refractivity (Wildman–Crippen MR) is 87.5 cm³/mol. The Morgan fingerprint density at radius 1 is 1.04 bits per heavy atom. The van der Waals surface area contributed by atoms with Crippen molar-refractivity contribution in [3.8, 4) is 0 Å². The van der Waals surface area contributed by atoms with Crippen LogP contribution in [-0.2, 0) is 16.0 Å². The van der Waals surface area contributed by atoms with Gasteiger partial charge >= 0.3 is 0 Å². The van der Waals surface area contributed by atoms with E-state index >= 15 is 0 Å². The molecule has 0 unspecified atom stereocenters. The van der Waals surface area contributed by atoms with Gasteiger partial charge in [0.25, 0.3) is 0 Å². The molecular formula is C18H19FN2O2. The second-order valence-electron chi connectivity index (χ2n) is 5.27. The summed E-state index contributed by atoms with van der Waals surface area (Å²) >= 11 is 0. The molecule has 0 aromatic heterocycles. The van der Waals surface area contributed by atoms with E-state index < -0.39 is 0 Å². The molecule has 0 radical (unpaired) electrons. The van der Waals surface area contributed by atoms with Gasteiger partial charge in [0.15, 0.2) is 0 Å². The fraction of sp³-hybridized carbons (Fsp3) is 0.222. The van der Waals surface area contributed by atoms with E-state index in [1.807, 2.05) is 30.3 Å². The van der Waals surface area contributed by atoms with Crippen molar-refractivity contribution in [3.05, 3.63) is 65.5 Å². The Morgan fingerprint density at radius 3 is 2.48 bits per heavy atom. The molecule has 0 fully saturated rings. The van der Waals surface area contributed by atoms with E-state index in [1.54, 1.807) is 6.92 Å². The van der Waals surface area contributed by atoms with Crippen molar-refractivity contribution in [3.63, 3.8) is 0 Å². The summed E-state index contributed by atoms with van der Waals surface area (Å²) in [6.07, 6.45) is 0.455. The van der Waals surface area contributed by atoms with Gasteiger partial charge in [-0.3, -0.25) is 9.59 Å². The fourth-order valence-corrected chi connectivity index (χ4v) is 2.14. The van der Waals surface area contributed by atoms with Gasteiger partial charge in [0.05, 0.1) is 6.42 Å². The molecule has 5 heteroatoms. The molecular weight excluding hydrogens is 295 g/mol. The van der Waals surface area contributed by atoms with Crippen LogP contribution in [0.4, 0.5) is 10.1 Å². The lowest BCUT2D eigenvalue weighted by molar-refractivity contribution is -0.120. The summed E-state index contributed by atoms with van der Waals surface area (Å²) in [4.78, 5) is 23.6. The highest BCUT2D eigenvalue weighted by Gasteiger charge is 2.07. The van der Waals surface area contributed by atoms with Gasteiger partial charge in [0, 0.05) is 18.7 Å². The van der Waals surface area contributed by atoms with Crippen LogP contribution in [-0.4, -0.2) is 18.4 Å². The minimum Gasteiger partial charge on any atom is -0.355 e. The van der Waals surface area contributed by atoms with Gasteiger partial charge in [-0.25, -0.2) is 4.39 Å². The topological polar surface area (TPSA) is 58.2 Å². The third-order valence-corrected chi connectivity index (χ3v) is 3.34. The number of anilines is 1. The van der Waals surface area contributed by atoms with E-state index in [0.29, 0.717) is 17.7 Å². The maximum atomic E-state index is 13.0. The van der Waals surface area contributed by atoms with Gasteiger partial charge in [-0.1, -0.05) is 30.3 Å². The molecule has 2 aromatic carbocycles. The lowest BCUT2D eigenvalue weighted by Crippen LogP contribution is -2.29. The van der Waals surface area contributed by atoms with Crippen molar-refractivity contribution in [2.45, 2.75) is 19.8 Å². The molecule has 2 amide bonds. The van der Waals surface area contributed by atoms with Crippen LogP contribution in [0.25, 0.3) is 0 Å².